The van der Waals surface area contributed by atoms with E-state index in [4.69, 9.17) is 5.73 Å². The summed E-state index contributed by atoms with van der Waals surface area (Å²) in [6.45, 7) is 0. The van der Waals surface area contributed by atoms with Gasteiger partial charge in [0.2, 0.25) is 5.13 Å². The molecule has 3 rings (SSSR count). The van der Waals surface area contributed by atoms with Crippen LogP contribution in [0.4, 0.5) is 24.1 Å². The van der Waals surface area contributed by atoms with Crippen molar-refractivity contribution in [2.75, 3.05) is 11.2 Å². The summed E-state index contributed by atoms with van der Waals surface area (Å²) in [6.07, 6.45) is -2.82. The molecule has 0 saturated heterocycles. The Morgan fingerprint density at radius 1 is 1.23 bits per heavy atom. The third-order valence-electron chi connectivity index (χ3n) is 2.80. The number of thiophene rings is 1. The number of fused-ring (bicyclic) bond motifs is 1. The van der Waals surface area contributed by atoms with E-state index in [1.54, 1.807) is 17.5 Å². The molecule has 0 spiro atoms. The fourth-order valence-corrected chi connectivity index (χ4v) is 3.41. The number of hydrogen-bond acceptors (Lipinski definition) is 6. The van der Waals surface area contributed by atoms with Crippen molar-refractivity contribution in [3.05, 3.63) is 40.1 Å². The SMILES string of the molecule is Nc1csc(NN=Cc2ccc3c(C(F)(F)F)csc3c2)n1. The van der Waals surface area contributed by atoms with E-state index in [1.807, 2.05) is 0 Å². The molecule has 0 aliphatic rings. The van der Waals surface area contributed by atoms with Gasteiger partial charge < -0.3 is 5.73 Å². The number of nitrogen functional groups attached to an aromatic ring is 1. The second-order valence-electron chi connectivity index (χ2n) is 4.35. The number of halogens is 3. The van der Waals surface area contributed by atoms with Crippen molar-refractivity contribution in [2.24, 2.45) is 5.10 Å². The summed E-state index contributed by atoms with van der Waals surface area (Å²) < 4.78 is 39.0. The monoisotopic (exact) mass is 342 g/mol. The van der Waals surface area contributed by atoms with Crippen LogP contribution in [0.2, 0.25) is 0 Å². The Bertz CT molecular complexity index is 835. The number of nitrogens with zero attached hydrogens (tertiary/aromatic N) is 2. The van der Waals surface area contributed by atoms with Crippen LogP contribution in [0, 0.1) is 0 Å². The van der Waals surface area contributed by atoms with Gasteiger partial charge in [-0.25, -0.2) is 4.98 Å². The summed E-state index contributed by atoms with van der Waals surface area (Å²) in [4.78, 5) is 3.97. The van der Waals surface area contributed by atoms with Crippen LogP contribution >= 0.6 is 22.7 Å². The highest BCUT2D eigenvalue weighted by Gasteiger charge is 2.33. The van der Waals surface area contributed by atoms with E-state index in [9.17, 15) is 13.2 Å². The molecule has 0 aliphatic carbocycles. The van der Waals surface area contributed by atoms with E-state index in [0.29, 0.717) is 21.2 Å². The van der Waals surface area contributed by atoms with Gasteiger partial charge in [-0.2, -0.15) is 18.3 Å². The first kappa shape index (κ1) is 14.8. The molecule has 0 bridgehead atoms. The molecular weight excluding hydrogens is 333 g/mol. The first-order valence-corrected chi connectivity index (χ1v) is 7.78. The van der Waals surface area contributed by atoms with Crippen molar-refractivity contribution in [3.8, 4) is 0 Å². The molecule has 0 saturated carbocycles. The van der Waals surface area contributed by atoms with Crippen LogP contribution in [0.1, 0.15) is 11.1 Å². The van der Waals surface area contributed by atoms with Gasteiger partial charge in [-0.15, -0.1) is 22.7 Å². The molecular formula is C13H9F3N4S2. The van der Waals surface area contributed by atoms with Gasteiger partial charge in [0, 0.05) is 20.8 Å². The number of hydrogen-bond donors (Lipinski definition) is 2. The molecule has 22 heavy (non-hydrogen) atoms. The molecule has 0 radical (unpaired) electrons. The van der Waals surface area contributed by atoms with Crippen molar-refractivity contribution in [3.63, 3.8) is 0 Å². The molecule has 0 aliphatic heterocycles. The molecule has 9 heteroatoms. The van der Waals surface area contributed by atoms with E-state index in [1.165, 1.54) is 23.6 Å². The molecule has 114 valence electrons. The molecule has 0 unspecified atom stereocenters. The average molecular weight is 342 g/mol. The van der Waals surface area contributed by atoms with Gasteiger partial charge in [-0.3, -0.25) is 5.43 Å². The van der Waals surface area contributed by atoms with E-state index in [2.05, 4.69) is 15.5 Å². The van der Waals surface area contributed by atoms with Gasteiger partial charge >= 0.3 is 6.18 Å². The van der Waals surface area contributed by atoms with Crippen LogP contribution in [0.25, 0.3) is 10.1 Å². The van der Waals surface area contributed by atoms with Gasteiger partial charge in [0.25, 0.3) is 0 Å². The van der Waals surface area contributed by atoms with Crippen molar-refractivity contribution >= 4 is 49.9 Å². The Labute approximate surface area is 131 Å². The molecule has 1 aromatic carbocycles. The third-order valence-corrected chi connectivity index (χ3v) is 4.51. The number of anilines is 2. The molecule has 3 aromatic rings. The van der Waals surface area contributed by atoms with Crippen LogP contribution in [0.3, 0.4) is 0 Å². The first-order valence-electron chi connectivity index (χ1n) is 6.02. The van der Waals surface area contributed by atoms with Crippen molar-refractivity contribution in [1.29, 1.82) is 0 Å². The van der Waals surface area contributed by atoms with Crippen LogP contribution in [-0.4, -0.2) is 11.2 Å². The van der Waals surface area contributed by atoms with Gasteiger partial charge in [0.05, 0.1) is 11.8 Å². The highest BCUT2D eigenvalue weighted by atomic mass is 32.1. The zero-order valence-corrected chi connectivity index (χ0v) is 12.5. The van der Waals surface area contributed by atoms with E-state index in [-0.39, 0.29) is 5.39 Å². The van der Waals surface area contributed by atoms with Crippen LogP contribution < -0.4 is 11.2 Å². The van der Waals surface area contributed by atoms with E-state index in [0.717, 1.165) is 16.7 Å². The summed E-state index contributed by atoms with van der Waals surface area (Å²) in [5.41, 5.74) is 8.28. The summed E-state index contributed by atoms with van der Waals surface area (Å²) in [5.74, 6) is 0.405. The normalized spacial score (nSPS) is 12.3. The Kier molecular flexibility index (Phi) is 3.75. The number of nitrogens with two attached hydrogens (primary N) is 1. The molecule has 2 heterocycles. The maximum Gasteiger partial charge on any atom is 0.417 e. The van der Waals surface area contributed by atoms with Gasteiger partial charge in [0.15, 0.2) is 0 Å². The summed E-state index contributed by atoms with van der Waals surface area (Å²) in [6, 6.07) is 4.71. The number of benzene rings is 1. The zero-order valence-electron chi connectivity index (χ0n) is 10.9. The maximum absolute atomic E-state index is 12.8. The van der Waals surface area contributed by atoms with Crippen molar-refractivity contribution in [2.45, 2.75) is 6.18 Å². The summed E-state index contributed by atoms with van der Waals surface area (Å²) in [7, 11) is 0. The standard InChI is InChI=1S/C13H9F3N4S2/c14-13(15,16)9-5-21-10-3-7(1-2-8(9)10)4-18-20-12-19-11(17)6-22-12/h1-6H,17H2,(H,19,20). The minimum atomic E-state index is -4.33. The largest absolute Gasteiger partial charge is 0.417 e. The van der Waals surface area contributed by atoms with Crippen LogP contribution in [-0.2, 0) is 6.18 Å². The lowest BCUT2D eigenvalue weighted by Gasteiger charge is -2.04. The second-order valence-corrected chi connectivity index (χ2v) is 6.12. The molecule has 0 atom stereocenters. The lowest BCUT2D eigenvalue weighted by molar-refractivity contribution is -0.136. The van der Waals surface area contributed by atoms with Crippen LogP contribution in [0.5, 0.6) is 0 Å². The predicted molar refractivity (Wildman–Crippen MR) is 84.6 cm³/mol. The topological polar surface area (TPSA) is 63.3 Å². The Balaban J connectivity index is 1.81. The molecule has 4 nitrogen and oxygen atoms in total. The summed E-state index contributed by atoms with van der Waals surface area (Å²) >= 11 is 2.37. The lowest BCUT2D eigenvalue weighted by atomic mass is 10.1. The fraction of sp³-hybridized carbons (Fsp3) is 0.0769. The number of thiazole rings is 1. The Morgan fingerprint density at radius 3 is 2.73 bits per heavy atom. The number of hydrazone groups is 1. The number of nitrogens with one attached hydrogen (secondary N) is 1. The molecule has 0 fully saturated rings. The number of alkyl halides is 3. The van der Waals surface area contributed by atoms with Gasteiger partial charge in [-0.05, 0) is 11.6 Å². The quantitative estimate of drug-likeness (QED) is 0.547. The highest BCUT2D eigenvalue weighted by Crippen LogP contribution is 2.38. The van der Waals surface area contributed by atoms with Gasteiger partial charge in [0.1, 0.15) is 5.82 Å². The smallest absolute Gasteiger partial charge is 0.383 e. The summed E-state index contributed by atoms with van der Waals surface area (Å²) in [5, 5.41) is 7.54. The minimum absolute atomic E-state index is 0.204. The second kappa shape index (κ2) is 5.58. The fourth-order valence-electron chi connectivity index (χ4n) is 1.84. The first-order chi connectivity index (χ1) is 10.4. The third kappa shape index (κ3) is 3.04. The van der Waals surface area contributed by atoms with Crippen molar-refractivity contribution < 1.29 is 13.2 Å². The van der Waals surface area contributed by atoms with Crippen molar-refractivity contribution in [1.82, 2.24) is 4.98 Å². The molecule has 0 amide bonds. The lowest BCUT2D eigenvalue weighted by Crippen LogP contribution is -2.03. The number of rotatable bonds is 3. The molecule has 2 aromatic heterocycles. The van der Waals surface area contributed by atoms with E-state index < -0.39 is 11.7 Å². The Hall–Kier alpha value is -2.13. The number of aromatic nitrogens is 1. The minimum Gasteiger partial charge on any atom is -0.383 e. The zero-order chi connectivity index (χ0) is 15.7. The maximum atomic E-state index is 12.8. The molecule has 3 N–H and O–H groups in total. The highest BCUT2D eigenvalue weighted by molar-refractivity contribution is 7.17. The average Bonchev–Trinajstić information content (AvgIpc) is 3.04. The predicted octanol–water partition coefficient (Wildman–Crippen LogP) is 4.40. The Morgan fingerprint density at radius 2 is 2.05 bits per heavy atom. The van der Waals surface area contributed by atoms with Crippen LogP contribution in [0.15, 0.2) is 34.1 Å². The van der Waals surface area contributed by atoms with E-state index >= 15 is 0 Å². The van der Waals surface area contributed by atoms with Gasteiger partial charge in [-0.1, -0.05) is 12.1 Å².